The largest absolute Gasteiger partial charge is 0.465 e. The molecule has 0 radical (unpaired) electrons. The van der Waals surface area contributed by atoms with Crippen molar-refractivity contribution in [3.63, 3.8) is 0 Å². The first kappa shape index (κ1) is 57.0. The smallest absolute Gasteiger partial charge is 0.319 e. The van der Waals surface area contributed by atoms with Gasteiger partial charge in [0.15, 0.2) is 12.6 Å². The predicted molar refractivity (Wildman–Crippen MR) is 222 cm³/mol. The Morgan fingerprint density at radius 3 is 1.04 bits per heavy atom. The van der Waals surface area contributed by atoms with Gasteiger partial charge in [0.1, 0.15) is 11.5 Å². The second-order valence-corrected chi connectivity index (χ2v) is 17.3. The normalized spacial score (nSPS) is 12.0. The fourth-order valence-electron chi connectivity index (χ4n) is 5.09. The molecule has 0 aliphatic rings. The molecule has 306 valence electrons. The number of rotatable bonds is 24. The van der Waals surface area contributed by atoms with Gasteiger partial charge in [0, 0.05) is 32.7 Å². The Morgan fingerprint density at radius 1 is 0.491 bits per heavy atom. The van der Waals surface area contributed by atoms with Crippen molar-refractivity contribution in [2.45, 2.75) is 157 Å². The standard InChI is InChI=1S/2C19H32O2.2H3O3PS.Zn/c2*1-4-6-7-8-9-10-11-14-18-15-12-13-16-19(18)21-17(3)20-5-2;2*1-4(2,3)5;/h2*12-13,15-17H,4-11,14H2,1-3H3;2*(H3,1,2,3,5);. The van der Waals surface area contributed by atoms with Gasteiger partial charge in [-0.1, -0.05) is 127 Å². The van der Waals surface area contributed by atoms with Crippen LogP contribution in [0, 0.1) is 0 Å². The minimum absolute atomic E-state index is 0. The number of unbranched alkanes of at least 4 members (excludes halogenated alkanes) is 12. The Balaban J connectivity index is -0.000000740. The second-order valence-electron chi connectivity index (χ2n) is 12.3. The molecular weight excluding hydrogens is 808 g/mol. The molecule has 0 aliphatic heterocycles. The van der Waals surface area contributed by atoms with Crippen LogP contribution in [-0.2, 0) is 65.4 Å². The Morgan fingerprint density at radius 2 is 0.755 bits per heavy atom. The van der Waals surface area contributed by atoms with Gasteiger partial charge in [0.25, 0.3) is 0 Å². The fraction of sp³-hybridized carbons (Fsp3) is 0.684. The van der Waals surface area contributed by atoms with Crippen LogP contribution >= 0.6 is 13.4 Å². The Labute approximate surface area is 344 Å². The summed E-state index contributed by atoms with van der Waals surface area (Å²) in [5.41, 5.74) is 2.61. The van der Waals surface area contributed by atoms with E-state index in [4.69, 9.17) is 48.3 Å². The van der Waals surface area contributed by atoms with Crippen molar-refractivity contribution < 1.29 is 67.8 Å². The molecule has 0 fully saturated rings. The van der Waals surface area contributed by atoms with Gasteiger partial charge in [0.2, 0.25) is 0 Å². The van der Waals surface area contributed by atoms with Gasteiger partial charge in [-0.05, 0) is 100 Å². The first-order chi connectivity index (χ1) is 24.5. The maximum atomic E-state index is 7.56. The van der Waals surface area contributed by atoms with E-state index in [1.807, 2.05) is 52.0 Å². The van der Waals surface area contributed by atoms with Crippen molar-refractivity contribution in [1.82, 2.24) is 0 Å². The molecule has 0 saturated carbocycles. The molecular formula is C38H70O10P2S2Zn. The van der Waals surface area contributed by atoms with Crippen molar-refractivity contribution in [2.24, 2.45) is 0 Å². The first-order valence-electron chi connectivity index (χ1n) is 18.8. The summed E-state index contributed by atoms with van der Waals surface area (Å²) in [6.07, 6.45) is 20.6. The van der Waals surface area contributed by atoms with Crippen LogP contribution in [0.3, 0.4) is 0 Å². The van der Waals surface area contributed by atoms with E-state index in [-0.39, 0.29) is 32.1 Å². The maximum Gasteiger partial charge on any atom is 0.319 e. The summed E-state index contributed by atoms with van der Waals surface area (Å²) in [6.45, 7) is 6.17. The summed E-state index contributed by atoms with van der Waals surface area (Å²) >= 11 is 7.21. The van der Waals surface area contributed by atoms with E-state index in [9.17, 15) is 0 Å². The second kappa shape index (κ2) is 37.2. The summed E-state index contributed by atoms with van der Waals surface area (Å²) in [6, 6.07) is 16.7. The van der Waals surface area contributed by atoms with E-state index >= 15 is 0 Å². The zero-order chi connectivity index (χ0) is 39.7. The predicted octanol–water partition coefficient (Wildman–Crippen LogP) is 9.86. The third-order valence-electron chi connectivity index (χ3n) is 7.43. The molecule has 0 aromatic heterocycles. The maximum absolute atomic E-state index is 7.56. The van der Waals surface area contributed by atoms with Crippen LogP contribution in [0.15, 0.2) is 48.5 Å². The van der Waals surface area contributed by atoms with Crippen molar-refractivity contribution in [3.8, 4) is 11.5 Å². The minimum Gasteiger partial charge on any atom is -0.465 e. The number of aryl methyl sites for hydroxylation is 2. The molecule has 2 unspecified atom stereocenters. The number of hydrogen-bond donors (Lipinski definition) is 6. The summed E-state index contributed by atoms with van der Waals surface area (Å²) in [7, 11) is 0. The number of hydrogen-bond acceptors (Lipinski definition) is 6. The summed E-state index contributed by atoms with van der Waals surface area (Å²) < 4.78 is 22.7. The molecule has 0 amide bonds. The Hall–Kier alpha value is -0.357. The van der Waals surface area contributed by atoms with Gasteiger partial charge in [-0.15, -0.1) is 0 Å². The molecule has 0 aliphatic carbocycles. The third kappa shape index (κ3) is 44.2. The molecule has 0 bridgehead atoms. The summed E-state index contributed by atoms with van der Waals surface area (Å²) in [4.78, 5) is 45.3. The van der Waals surface area contributed by atoms with E-state index in [1.165, 1.54) is 101 Å². The van der Waals surface area contributed by atoms with Crippen LogP contribution in [-0.4, -0.2) is 55.2 Å². The van der Waals surface area contributed by atoms with E-state index in [1.54, 1.807) is 0 Å². The Bertz CT molecular complexity index is 1100. The molecule has 2 aromatic rings. The zero-order valence-corrected chi connectivity index (χ0v) is 39.6. The Kier molecular flexibility index (Phi) is 40.0. The van der Waals surface area contributed by atoms with Crippen LogP contribution in [0.25, 0.3) is 0 Å². The average molecular weight is 878 g/mol. The fourth-order valence-corrected chi connectivity index (χ4v) is 5.09. The number of para-hydroxylation sites is 2. The average Bonchev–Trinajstić information content (AvgIpc) is 3.04. The van der Waals surface area contributed by atoms with E-state index in [2.05, 4.69) is 61.7 Å². The van der Waals surface area contributed by atoms with E-state index in [0.29, 0.717) is 13.2 Å². The molecule has 2 aromatic carbocycles. The van der Waals surface area contributed by atoms with Gasteiger partial charge in [-0.25, -0.2) is 0 Å². The zero-order valence-electron chi connectivity index (χ0n) is 33.2. The molecule has 0 saturated heterocycles. The van der Waals surface area contributed by atoms with Gasteiger partial charge in [0.05, 0.1) is 0 Å². The number of ether oxygens (including phenoxy) is 4. The quantitative estimate of drug-likeness (QED) is 0.0257. The minimum atomic E-state index is -3.81. The van der Waals surface area contributed by atoms with Crippen molar-refractivity contribution in [2.75, 3.05) is 13.2 Å². The molecule has 2 rings (SSSR count). The topological polar surface area (TPSA) is 158 Å². The molecule has 15 heteroatoms. The summed E-state index contributed by atoms with van der Waals surface area (Å²) in [5, 5.41) is 0. The molecule has 0 spiro atoms. The van der Waals surface area contributed by atoms with Gasteiger partial charge in [-0.2, -0.15) is 0 Å². The van der Waals surface area contributed by atoms with E-state index < -0.39 is 13.4 Å². The van der Waals surface area contributed by atoms with Crippen LogP contribution in [0.4, 0.5) is 0 Å². The van der Waals surface area contributed by atoms with Crippen molar-refractivity contribution in [1.29, 1.82) is 0 Å². The SMILES string of the molecule is CCCCCCCCCc1ccccc1OC(C)OCC.CCCCCCCCCc1ccccc1OC(C)OCC.OP(O)(O)=S.OP(O)(O)=S.[Zn]. The third-order valence-corrected chi connectivity index (χ3v) is 7.43. The monoisotopic (exact) mass is 876 g/mol. The molecule has 10 nitrogen and oxygen atoms in total. The molecule has 6 N–H and O–H groups in total. The number of benzene rings is 2. The van der Waals surface area contributed by atoms with Crippen molar-refractivity contribution in [3.05, 3.63) is 59.7 Å². The van der Waals surface area contributed by atoms with Gasteiger partial charge >= 0.3 is 13.4 Å². The van der Waals surface area contributed by atoms with E-state index in [0.717, 1.165) is 24.3 Å². The van der Waals surface area contributed by atoms with Crippen LogP contribution in [0.2, 0.25) is 0 Å². The molecule has 0 heterocycles. The van der Waals surface area contributed by atoms with Gasteiger partial charge < -0.3 is 48.3 Å². The molecule has 53 heavy (non-hydrogen) atoms. The summed E-state index contributed by atoms with van der Waals surface area (Å²) in [5.74, 6) is 1.95. The first-order valence-corrected chi connectivity index (χ1v) is 24.2. The molecule has 2 atom stereocenters. The van der Waals surface area contributed by atoms with Crippen LogP contribution < -0.4 is 9.47 Å². The van der Waals surface area contributed by atoms with Crippen molar-refractivity contribution >= 4 is 37.1 Å². The van der Waals surface area contributed by atoms with Crippen LogP contribution in [0.1, 0.15) is 143 Å². The van der Waals surface area contributed by atoms with Gasteiger partial charge in [-0.3, -0.25) is 0 Å². The van der Waals surface area contributed by atoms with Crippen LogP contribution in [0.5, 0.6) is 11.5 Å².